The van der Waals surface area contributed by atoms with Gasteiger partial charge in [-0.2, -0.15) is 0 Å². The summed E-state index contributed by atoms with van der Waals surface area (Å²) in [4.78, 5) is 26.6. The van der Waals surface area contributed by atoms with E-state index < -0.39 is 24.2 Å². The quantitative estimate of drug-likeness (QED) is 0.104. The summed E-state index contributed by atoms with van der Waals surface area (Å²) in [7, 11) is 0. The molecule has 0 aliphatic heterocycles. The van der Waals surface area contributed by atoms with Crippen molar-refractivity contribution >= 4 is 12.1 Å². The van der Waals surface area contributed by atoms with Gasteiger partial charge in [0.25, 0.3) is 0 Å². The van der Waals surface area contributed by atoms with Gasteiger partial charge in [0.15, 0.2) is 11.5 Å². The molecule has 1 heterocycles. The van der Waals surface area contributed by atoms with Crippen LogP contribution in [0.1, 0.15) is 107 Å². The Morgan fingerprint density at radius 2 is 1.42 bits per heavy atom. The number of nitrogens with one attached hydrogen (secondary N) is 1. The zero-order valence-corrected chi connectivity index (χ0v) is 22.4. The van der Waals surface area contributed by atoms with Gasteiger partial charge >= 0.3 is 12.1 Å². The summed E-state index contributed by atoms with van der Waals surface area (Å²) in [6.45, 7) is 7.10. The highest BCUT2D eigenvalue weighted by atomic mass is 19.1. The van der Waals surface area contributed by atoms with Gasteiger partial charge in [0, 0.05) is 25.3 Å². The molecule has 1 atom stereocenters. The summed E-state index contributed by atoms with van der Waals surface area (Å²) >= 11 is 0. The molecule has 1 aromatic rings. The average molecular weight is 516 g/mol. The van der Waals surface area contributed by atoms with E-state index in [0.29, 0.717) is 31.8 Å². The molecule has 208 valence electrons. The number of carbonyl (C=O) groups is 2. The fourth-order valence-corrected chi connectivity index (χ4v) is 3.71. The number of esters is 1. The van der Waals surface area contributed by atoms with Gasteiger partial charge in [0.1, 0.15) is 6.61 Å². The number of carbonyl (C=O) groups excluding carboxylic acids is 2. The molecule has 1 rings (SSSR count). The van der Waals surface area contributed by atoms with Gasteiger partial charge < -0.3 is 28.7 Å². The molecule has 0 amide bonds. The topological polar surface area (TPSA) is 96.1 Å². The molecule has 0 fully saturated rings. The zero-order chi connectivity index (χ0) is 26.4. The van der Waals surface area contributed by atoms with Crippen LogP contribution in [0.2, 0.25) is 0 Å². The predicted octanol–water partition coefficient (Wildman–Crippen LogP) is 6.72. The predicted molar refractivity (Wildman–Crippen MR) is 136 cm³/mol. The van der Waals surface area contributed by atoms with E-state index in [2.05, 4.69) is 11.9 Å². The summed E-state index contributed by atoms with van der Waals surface area (Å²) in [5.41, 5.74) is 0.176. The molecular formula is C27H46FNO7. The fraction of sp³-hybridized carbons (Fsp3) is 0.778. The van der Waals surface area contributed by atoms with Crippen molar-refractivity contribution in [2.75, 3.05) is 33.0 Å². The molecule has 0 radical (unpaired) electrons. The minimum Gasteiger partial charge on any atom is -0.432 e. The van der Waals surface area contributed by atoms with Crippen molar-refractivity contribution in [1.82, 2.24) is 4.98 Å². The lowest BCUT2D eigenvalue weighted by atomic mass is 10.0. The molecule has 1 N–H and O–H groups in total. The van der Waals surface area contributed by atoms with E-state index >= 15 is 0 Å². The van der Waals surface area contributed by atoms with Gasteiger partial charge in [-0.25, -0.2) is 14.0 Å². The molecule has 1 unspecified atom stereocenters. The Labute approximate surface area is 215 Å². The van der Waals surface area contributed by atoms with Crippen molar-refractivity contribution in [1.29, 1.82) is 0 Å². The summed E-state index contributed by atoms with van der Waals surface area (Å²) in [6.07, 6.45) is 13.2. The number of ether oxygens (including phenoxy) is 5. The largest absolute Gasteiger partial charge is 0.511 e. The van der Waals surface area contributed by atoms with Crippen LogP contribution in [0.25, 0.3) is 0 Å². The van der Waals surface area contributed by atoms with E-state index in [9.17, 15) is 14.0 Å². The van der Waals surface area contributed by atoms with E-state index in [-0.39, 0.29) is 18.9 Å². The summed E-state index contributed by atoms with van der Waals surface area (Å²) < 4.78 is 39.7. The Bertz CT molecular complexity index is 710. The van der Waals surface area contributed by atoms with Crippen LogP contribution in [0.3, 0.4) is 0 Å². The molecule has 0 bridgehead atoms. The molecule has 0 saturated heterocycles. The van der Waals surface area contributed by atoms with Crippen LogP contribution in [0.4, 0.5) is 9.18 Å². The van der Waals surface area contributed by atoms with Crippen molar-refractivity contribution in [2.24, 2.45) is 0 Å². The van der Waals surface area contributed by atoms with E-state index in [1.807, 2.05) is 6.92 Å². The summed E-state index contributed by atoms with van der Waals surface area (Å²) in [5.74, 6) is -1.55. The molecule has 1 aromatic heterocycles. The number of halogens is 1. The Morgan fingerprint density at radius 3 is 2.06 bits per heavy atom. The lowest BCUT2D eigenvalue weighted by Gasteiger charge is -2.13. The normalized spacial score (nSPS) is 11.9. The molecule has 8 nitrogen and oxygen atoms in total. The molecule has 0 saturated carbocycles. The van der Waals surface area contributed by atoms with Crippen molar-refractivity contribution < 1.29 is 37.7 Å². The standard InChI is InChI=1S/C27H46FNO7/c1-4-6-7-8-9-10-11-12-13-14-15-16-23-21-29-25(24(23)28)26(30)35-22(3)36-27(31)34-20-19-33-18-17-32-5-2/h21-22,29H,4-20H2,1-3H3. The van der Waals surface area contributed by atoms with Crippen LogP contribution < -0.4 is 0 Å². The van der Waals surface area contributed by atoms with E-state index in [0.717, 1.165) is 19.3 Å². The number of rotatable bonds is 22. The van der Waals surface area contributed by atoms with E-state index in [1.165, 1.54) is 64.5 Å². The number of aromatic nitrogens is 1. The Morgan fingerprint density at radius 1 is 0.833 bits per heavy atom. The number of hydrogen-bond acceptors (Lipinski definition) is 7. The van der Waals surface area contributed by atoms with Gasteiger partial charge in [0.05, 0.1) is 19.8 Å². The Balaban J connectivity index is 2.18. The maximum atomic E-state index is 14.6. The first-order valence-electron chi connectivity index (χ1n) is 13.5. The van der Waals surface area contributed by atoms with Gasteiger partial charge in [-0.1, -0.05) is 71.1 Å². The first kappa shape index (κ1) is 31.9. The summed E-state index contributed by atoms with van der Waals surface area (Å²) in [5, 5.41) is 0. The second-order valence-electron chi connectivity index (χ2n) is 8.79. The summed E-state index contributed by atoms with van der Waals surface area (Å²) in [6, 6.07) is 0. The third kappa shape index (κ3) is 15.1. The fourth-order valence-electron chi connectivity index (χ4n) is 3.71. The van der Waals surface area contributed by atoms with Gasteiger partial charge in [-0.3, -0.25) is 0 Å². The van der Waals surface area contributed by atoms with E-state index in [4.69, 9.17) is 23.7 Å². The second-order valence-corrected chi connectivity index (χ2v) is 8.79. The number of H-pyrrole nitrogens is 1. The smallest absolute Gasteiger partial charge is 0.432 e. The Hall–Kier alpha value is -2.13. The van der Waals surface area contributed by atoms with Gasteiger partial charge in [-0.15, -0.1) is 0 Å². The third-order valence-corrected chi connectivity index (χ3v) is 5.70. The second kappa shape index (κ2) is 21.0. The lowest BCUT2D eigenvalue weighted by molar-refractivity contribution is -0.0855. The zero-order valence-electron chi connectivity index (χ0n) is 22.4. The molecule has 0 spiro atoms. The van der Waals surface area contributed by atoms with Crippen molar-refractivity contribution in [3.8, 4) is 0 Å². The molecule has 0 aliphatic carbocycles. The third-order valence-electron chi connectivity index (χ3n) is 5.70. The van der Waals surface area contributed by atoms with Crippen LogP contribution in [0, 0.1) is 5.82 Å². The maximum absolute atomic E-state index is 14.6. The molecule has 0 aliphatic rings. The molecular weight excluding hydrogens is 469 g/mol. The maximum Gasteiger partial charge on any atom is 0.511 e. The monoisotopic (exact) mass is 515 g/mol. The van der Waals surface area contributed by atoms with Crippen LogP contribution in [0.15, 0.2) is 6.20 Å². The van der Waals surface area contributed by atoms with Gasteiger partial charge in [-0.05, 0) is 19.8 Å². The highest BCUT2D eigenvalue weighted by molar-refractivity contribution is 5.88. The van der Waals surface area contributed by atoms with E-state index in [1.54, 1.807) is 0 Å². The van der Waals surface area contributed by atoms with Crippen LogP contribution >= 0.6 is 0 Å². The first-order chi connectivity index (χ1) is 17.5. The molecule has 36 heavy (non-hydrogen) atoms. The number of aryl methyl sites for hydroxylation is 1. The average Bonchev–Trinajstić information content (AvgIpc) is 3.22. The number of aromatic amines is 1. The Kier molecular flexibility index (Phi) is 18.6. The lowest BCUT2D eigenvalue weighted by Crippen LogP contribution is -2.24. The van der Waals surface area contributed by atoms with Crippen molar-refractivity contribution in [3.63, 3.8) is 0 Å². The molecule has 9 heteroatoms. The van der Waals surface area contributed by atoms with Crippen molar-refractivity contribution in [2.45, 2.75) is 104 Å². The number of unbranched alkanes of at least 4 members (excludes halogenated alkanes) is 10. The van der Waals surface area contributed by atoms with Crippen molar-refractivity contribution in [3.05, 3.63) is 23.3 Å². The minimum absolute atomic E-state index is 0.0146. The highest BCUT2D eigenvalue weighted by Crippen LogP contribution is 2.18. The van der Waals surface area contributed by atoms with Crippen LogP contribution in [-0.2, 0) is 30.1 Å². The SMILES string of the molecule is CCCCCCCCCCCCCc1c[nH]c(C(=O)OC(C)OC(=O)OCCOCCOCC)c1F. The highest BCUT2D eigenvalue weighted by Gasteiger charge is 2.22. The van der Waals surface area contributed by atoms with Crippen LogP contribution in [0.5, 0.6) is 0 Å². The van der Waals surface area contributed by atoms with Gasteiger partial charge in [0.2, 0.25) is 6.29 Å². The number of hydrogen-bond donors (Lipinski definition) is 1. The van der Waals surface area contributed by atoms with Crippen LogP contribution in [-0.4, -0.2) is 56.4 Å². The molecule has 0 aromatic carbocycles. The minimum atomic E-state index is -1.23. The first-order valence-corrected chi connectivity index (χ1v) is 13.5.